The number of aryl methyl sites for hydroxylation is 1. The molecule has 0 N–H and O–H groups in total. The van der Waals surface area contributed by atoms with Crippen LogP contribution in [0.25, 0.3) is 0 Å². The molecule has 1 aliphatic heterocycles. The zero-order chi connectivity index (χ0) is 10.1. The minimum atomic E-state index is 1.20. The minimum absolute atomic E-state index is 1.20. The summed E-state index contributed by atoms with van der Waals surface area (Å²) < 4.78 is 0. The van der Waals surface area contributed by atoms with Gasteiger partial charge in [0.2, 0.25) is 0 Å². The van der Waals surface area contributed by atoms with Crippen molar-refractivity contribution >= 4 is 21.6 Å². The number of benzene rings is 1. The van der Waals surface area contributed by atoms with Gasteiger partial charge in [0.25, 0.3) is 0 Å². The maximum absolute atomic E-state index is 2.20. The molecule has 1 aromatic carbocycles. The Balaban J connectivity index is 0.000000165. The van der Waals surface area contributed by atoms with Gasteiger partial charge in [-0.3, -0.25) is 0 Å². The van der Waals surface area contributed by atoms with Gasteiger partial charge in [-0.2, -0.15) is 0 Å². The standard InChI is InChI=1S/C9H12.C3H4S2/c1-2-6-9-7-4-3-5-8-9;1-2-4-5-3-1/h3-5,7-8H,2,6H2,1H3;1-2H,3H2. The zero-order valence-corrected chi connectivity index (χ0v) is 10.1. The predicted octanol–water partition coefficient (Wildman–Crippen LogP) is 4.53. The van der Waals surface area contributed by atoms with Crippen molar-refractivity contribution in [1.82, 2.24) is 0 Å². The van der Waals surface area contributed by atoms with Crippen LogP contribution in [0.1, 0.15) is 18.9 Å². The summed E-state index contributed by atoms with van der Waals surface area (Å²) in [4.78, 5) is 0. The average molecular weight is 224 g/mol. The maximum atomic E-state index is 2.20. The van der Waals surface area contributed by atoms with Gasteiger partial charge in [0.05, 0.1) is 0 Å². The lowest BCUT2D eigenvalue weighted by Gasteiger charge is -1.93. The zero-order valence-electron chi connectivity index (χ0n) is 8.48. The third-order valence-corrected chi connectivity index (χ3v) is 3.68. The van der Waals surface area contributed by atoms with E-state index in [9.17, 15) is 0 Å². The van der Waals surface area contributed by atoms with Crippen molar-refractivity contribution in [2.75, 3.05) is 5.75 Å². The van der Waals surface area contributed by atoms with Gasteiger partial charge in [0.1, 0.15) is 0 Å². The monoisotopic (exact) mass is 224 g/mol. The summed E-state index contributed by atoms with van der Waals surface area (Å²) in [5.41, 5.74) is 1.44. The molecule has 1 aliphatic rings. The molecule has 0 saturated heterocycles. The molecular weight excluding hydrogens is 208 g/mol. The topological polar surface area (TPSA) is 0 Å². The first-order valence-electron chi connectivity index (χ1n) is 4.90. The summed E-state index contributed by atoms with van der Waals surface area (Å²) in [5.74, 6) is 1.20. The van der Waals surface area contributed by atoms with Crippen LogP contribution in [0.15, 0.2) is 41.8 Å². The average Bonchev–Trinajstić information content (AvgIpc) is 2.78. The Morgan fingerprint density at radius 3 is 2.43 bits per heavy atom. The highest BCUT2D eigenvalue weighted by atomic mass is 33.1. The van der Waals surface area contributed by atoms with Gasteiger partial charge in [-0.1, -0.05) is 71.3 Å². The van der Waals surface area contributed by atoms with Crippen molar-refractivity contribution in [3.8, 4) is 0 Å². The molecule has 14 heavy (non-hydrogen) atoms. The van der Waals surface area contributed by atoms with E-state index >= 15 is 0 Å². The Hall–Kier alpha value is -0.340. The number of rotatable bonds is 2. The Morgan fingerprint density at radius 1 is 1.21 bits per heavy atom. The predicted molar refractivity (Wildman–Crippen MR) is 69.6 cm³/mol. The molecule has 0 unspecified atom stereocenters. The lowest BCUT2D eigenvalue weighted by atomic mass is 10.1. The van der Waals surface area contributed by atoms with E-state index in [1.165, 1.54) is 24.2 Å². The van der Waals surface area contributed by atoms with Gasteiger partial charge in [-0.25, -0.2) is 0 Å². The largest absolute Gasteiger partial charge is 0.0854 e. The molecule has 0 nitrogen and oxygen atoms in total. The van der Waals surface area contributed by atoms with Gasteiger partial charge in [0, 0.05) is 5.75 Å². The summed E-state index contributed by atoms with van der Waals surface area (Å²) in [6, 6.07) is 10.6. The van der Waals surface area contributed by atoms with E-state index in [-0.39, 0.29) is 0 Å². The van der Waals surface area contributed by atoms with E-state index in [1.807, 2.05) is 21.6 Å². The third-order valence-electron chi connectivity index (χ3n) is 1.77. The van der Waals surface area contributed by atoms with E-state index < -0.39 is 0 Å². The molecule has 0 bridgehead atoms. The Bertz CT molecular complexity index is 248. The van der Waals surface area contributed by atoms with Gasteiger partial charge < -0.3 is 0 Å². The van der Waals surface area contributed by atoms with E-state index in [0.717, 1.165) is 0 Å². The fourth-order valence-electron chi connectivity index (χ4n) is 1.13. The van der Waals surface area contributed by atoms with Crippen LogP contribution in [0.4, 0.5) is 0 Å². The quantitative estimate of drug-likeness (QED) is 0.677. The van der Waals surface area contributed by atoms with Crippen LogP contribution in [0.5, 0.6) is 0 Å². The van der Waals surface area contributed by atoms with Gasteiger partial charge >= 0.3 is 0 Å². The second-order valence-electron chi connectivity index (χ2n) is 2.99. The lowest BCUT2D eigenvalue weighted by molar-refractivity contribution is 0.922. The summed E-state index contributed by atoms with van der Waals surface area (Å²) >= 11 is 0. The molecule has 76 valence electrons. The summed E-state index contributed by atoms with van der Waals surface area (Å²) in [7, 11) is 3.69. The van der Waals surface area contributed by atoms with E-state index in [2.05, 4.69) is 48.7 Å². The second kappa shape index (κ2) is 8.01. The molecule has 1 aromatic rings. The normalized spacial score (nSPS) is 13.5. The van der Waals surface area contributed by atoms with E-state index in [4.69, 9.17) is 0 Å². The summed E-state index contributed by atoms with van der Waals surface area (Å²) in [6.07, 6.45) is 4.61. The first kappa shape index (κ1) is 11.7. The van der Waals surface area contributed by atoms with Crippen LogP contribution in [-0.2, 0) is 6.42 Å². The Kier molecular flexibility index (Phi) is 6.71. The molecule has 0 fully saturated rings. The van der Waals surface area contributed by atoms with Crippen molar-refractivity contribution in [3.05, 3.63) is 47.4 Å². The third kappa shape index (κ3) is 5.40. The molecule has 2 rings (SSSR count). The number of hydrogen-bond donors (Lipinski definition) is 0. The maximum Gasteiger partial charge on any atom is 0.0229 e. The summed E-state index contributed by atoms with van der Waals surface area (Å²) in [6.45, 7) is 2.20. The van der Waals surface area contributed by atoms with Crippen molar-refractivity contribution in [1.29, 1.82) is 0 Å². The van der Waals surface area contributed by atoms with E-state index in [1.54, 1.807) is 0 Å². The first-order chi connectivity index (χ1) is 6.93. The molecule has 0 amide bonds. The van der Waals surface area contributed by atoms with Crippen molar-refractivity contribution in [2.45, 2.75) is 19.8 Å². The molecule has 1 heterocycles. The van der Waals surface area contributed by atoms with Crippen LogP contribution in [-0.4, -0.2) is 5.75 Å². The summed E-state index contributed by atoms with van der Waals surface area (Å²) in [5, 5.41) is 2.12. The van der Waals surface area contributed by atoms with Crippen LogP contribution < -0.4 is 0 Å². The molecule has 0 atom stereocenters. The molecule has 0 radical (unpaired) electrons. The van der Waals surface area contributed by atoms with Crippen LogP contribution >= 0.6 is 21.6 Å². The molecular formula is C12H16S2. The van der Waals surface area contributed by atoms with Crippen LogP contribution in [0.3, 0.4) is 0 Å². The van der Waals surface area contributed by atoms with E-state index in [0.29, 0.717) is 0 Å². The van der Waals surface area contributed by atoms with Gasteiger partial charge in [0.15, 0.2) is 0 Å². The van der Waals surface area contributed by atoms with Crippen LogP contribution in [0, 0.1) is 0 Å². The molecule has 0 spiro atoms. The Morgan fingerprint density at radius 2 is 2.00 bits per heavy atom. The van der Waals surface area contributed by atoms with Gasteiger partial charge in [-0.15, -0.1) is 0 Å². The van der Waals surface area contributed by atoms with Crippen molar-refractivity contribution < 1.29 is 0 Å². The van der Waals surface area contributed by atoms with Crippen molar-refractivity contribution in [3.63, 3.8) is 0 Å². The molecule has 0 aromatic heterocycles. The first-order valence-corrected chi connectivity index (χ1v) is 7.29. The molecule has 0 aliphatic carbocycles. The molecule has 2 heteroatoms. The molecule has 0 saturated carbocycles. The highest BCUT2D eigenvalue weighted by molar-refractivity contribution is 8.78. The lowest BCUT2D eigenvalue weighted by Crippen LogP contribution is -1.78. The highest BCUT2D eigenvalue weighted by Crippen LogP contribution is 2.27. The van der Waals surface area contributed by atoms with Gasteiger partial charge in [-0.05, 0) is 17.4 Å². The smallest absolute Gasteiger partial charge is 0.0229 e. The fraction of sp³-hybridized carbons (Fsp3) is 0.333. The number of hydrogen-bond acceptors (Lipinski definition) is 2. The highest BCUT2D eigenvalue weighted by Gasteiger charge is 1.86. The fourth-order valence-corrected chi connectivity index (χ4v) is 2.70. The minimum Gasteiger partial charge on any atom is -0.0854 e. The Labute approximate surface area is 94.6 Å². The van der Waals surface area contributed by atoms with Crippen molar-refractivity contribution in [2.24, 2.45) is 0 Å². The SMILES string of the molecule is C1=CSSC1.CCCc1ccccc1. The second-order valence-corrected chi connectivity index (χ2v) is 5.31. The van der Waals surface area contributed by atoms with Crippen LogP contribution in [0.2, 0.25) is 0 Å².